The quantitative estimate of drug-likeness (QED) is 0.255. The predicted molar refractivity (Wildman–Crippen MR) is 133 cm³/mol. The maximum absolute atomic E-state index is 12.8. The number of nitrogens with one attached hydrogen (secondary N) is 4. The summed E-state index contributed by atoms with van der Waals surface area (Å²) < 4.78 is 5.30. The summed E-state index contributed by atoms with van der Waals surface area (Å²) in [6.45, 7) is 5.28. The van der Waals surface area contributed by atoms with E-state index >= 15 is 0 Å². The smallest absolute Gasteiger partial charge is 0.243 e. The highest BCUT2D eigenvalue weighted by Crippen LogP contribution is 2.06. The SMILES string of the molecule is CC(C)C(=O)CNC(=O)CNC(=O)CNC(=O)C(CCc1ccccc1)NC(=O)CN1CCOCC1. The Morgan fingerprint density at radius 3 is 2.11 bits per heavy atom. The molecule has 11 heteroatoms. The predicted octanol–water partition coefficient (Wildman–Crippen LogP) is -0.990. The zero-order valence-electron chi connectivity index (χ0n) is 21.0. The number of ketones is 1. The van der Waals surface area contributed by atoms with Crippen LogP contribution in [0.15, 0.2) is 30.3 Å². The van der Waals surface area contributed by atoms with Gasteiger partial charge in [0.1, 0.15) is 6.04 Å². The van der Waals surface area contributed by atoms with E-state index in [4.69, 9.17) is 4.74 Å². The highest BCUT2D eigenvalue weighted by atomic mass is 16.5. The van der Waals surface area contributed by atoms with Crippen LogP contribution in [0.25, 0.3) is 0 Å². The molecule has 198 valence electrons. The van der Waals surface area contributed by atoms with Crippen molar-refractivity contribution in [2.45, 2.75) is 32.7 Å². The maximum atomic E-state index is 12.8. The summed E-state index contributed by atoms with van der Waals surface area (Å²) >= 11 is 0. The highest BCUT2D eigenvalue weighted by Gasteiger charge is 2.23. The molecule has 1 fully saturated rings. The van der Waals surface area contributed by atoms with E-state index in [2.05, 4.69) is 21.3 Å². The first-order valence-corrected chi connectivity index (χ1v) is 12.2. The van der Waals surface area contributed by atoms with Crippen LogP contribution in [0.2, 0.25) is 0 Å². The van der Waals surface area contributed by atoms with Gasteiger partial charge in [-0.05, 0) is 18.4 Å². The minimum absolute atomic E-state index is 0.101. The molecule has 1 heterocycles. The molecule has 0 saturated carbocycles. The Kier molecular flexibility index (Phi) is 12.6. The summed E-state index contributed by atoms with van der Waals surface area (Å²) in [7, 11) is 0. The van der Waals surface area contributed by atoms with E-state index in [-0.39, 0.29) is 43.8 Å². The summed E-state index contributed by atoms with van der Waals surface area (Å²) in [5.41, 5.74) is 1.03. The molecule has 0 bridgehead atoms. The zero-order chi connectivity index (χ0) is 26.3. The van der Waals surface area contributed by atoms with Gasteiger partial charge < -0.3 is 26.0 Å². The average Bonchev–Trinajstić information content (AvgIpc) is 2.88. The van der Waals surface area contributed by atoms with Crippen molar-refractivity contribution in [2.24, 2.45) is 5.92 Å². The fourth-order valence-corrected chi connectivity index (χ4v) is 3.41. The van der Waals surface area contributed by atoms with E-state index in [1.807, 2.05) is 35.2 Å². The molecule has 0 radical (unpaired) electrons. The fourth-order valence-electron chi connectivity index (χ4n) is 3.41. The largest absolute Gasteiger partial charge is 0.379 e. The molecule has 2 rings (SSSR count). The fraction of sp³-hybridized carbons (Fsp3) is 0.560. The molecule has 1 aromatic rings. The van der Waals surface area contributed by atoms with Crippen molar-refractivity contribution < 1.29 is 28.7 Å². The number of carbonyl (C=O) groups is 5. The number of nitrogens with zero attached hydrogens (tertiary/aromatic N) is 1. The van der Waals surface area contributed by atoms with E-state index in [1.165, 1.54) is 0 Å². The van der Waals surface area contributed by atoms with Gasteiger partial charge in [-0.15, -0.1) is 0 Å². The number of amides is 4. The highest BCUT2D eigenvalue weighted by molar-refractivity contribution is 5.92. The van der Waals surface area contributed by atoms with Gasteiger partial charge in [-0.3, -0.25) is 28.9 Å². The third-order valence-corrected chi connectivity index (χ3v) is 5.66. The number of aryl methyl sites for hydroxylation is 1. The third kappa shape index (κ3) is 11.4. The molecule has 0 spiro atoms. The number of benzene rings is 1. The number of carbonyl (C=O) groups excluding carboxylic acids is 5. The van der Waals surface area contributed by atoms with Gasteiger partial charge in [0, 0.05) is 19.0 Å². The molecule has 1 saturated heterocycles. The first kappa shape index (κ1) is 28.9. The van der Waals surface area contributed by atoms with Crippen molar-refractivity contribution in [3.8, 4) is 0 Å². The minimum atomic E-state index is -0.822. The molecule has 1 aliphatic heterocycles. The second-order valence-corrected chi connectivity index (χ2v) is 8.93. The molecular weight excluding hydrogens is 466 g/mol. The number of Topliss-reactive ketones (excluding diaryl/α,β-unsaturated/α-hetero) is 1. The van der Waals surface area contributed by atoms with Crippen LogP contribution in [0.3, 0.4) is 0 Å². The first-order chi connectivity index (χ1) is 17.2. The molecule has 1 unspecified atom stereocenters. The number of morpholine rings is 1. The van der Waals surface area contributed by atoms with Crippen molar-refractivity contribution in [3.63, 3.8) is 0 Å². The van der Waals surface area contributed by atoms with Crippen LogP contribution in [-0.4, -0.2) is 92.8 Å². The van der Waals surface area contributed by atoms with Crippen LogP contribution in [0.1, 0.15) is 25.8 Å². The maximum Gasteiger partial charge on any atom is 0.243 e. The van der Waals surface area contributed by atoms with E-state index in [9.17, 15) is 24.0 Å². The van der Waals surface area contributed by atoms with E-state index < -0.39 is 23.8 Å². The Hall–Kier alpha value is -3.31. The van der Waals surface area contributed by atoms with Crippen LogP contribution >= 0.6 is 0 Å². The monoisotopic (exact) mass is 503 g/mol. The summed E-state index contributed by atoms with van der Waals surface area (Å²) in [6.07, 6.45) is 0.927. The number of ether oxygens (including phenoxy) is 1. The van der Waals surface area contributed by atoms with Crippen LogP contribution in [0, 0.1) is 5.92 Å². The van der Waals surface area contributed by atoms with Crippen molar-refractivity contribution in [3.05, 3.63) is 35.9 Å². The Morgan fingerprint density at radius 1 is 0.861 bits per heavy atom. The minimum Gasteiger partial charge on any atom is -0.379 e. The average molecular weight is 504 g/mol. The summed E-state index contributed by atoms with van der Waals surface area (Å²) in [5, 5.41) is 10.2. The van der Waals surface area contributed by atoms with E-state index in [0.717, 1.165) is 5.56 Å². The van der Waals surface area contributed by atoms with Crippen LogP contribution < -0.4 is 21.3 Å². The molecule has 0 aromatic heterocycles. The molecule has 1 aromatic carbocycles. The van der Waals surface area contributed by atoms with Crippen LogP contribution in [0.4, 0.5) is 0 Å². The zero-order valence-corrected chi connectivity index (χ0v) is 21.0. The van der Waals surface area contributed by atoms with Gasteiger partial charge in [-0.25, -0.2) is 0 Å². The Balaban J connectivity index is 1.82. The van der Waals surface area contributed by atoms with Crippen LogP contribution in [-0.2, 0) is 35.1 Å². The second kappa shape index (κ2) is 15.6. The molecule has 4 amide bonds. The lowest BCUT2D eigenvalue weighted by Crippen LogP contribution is -2.52. The lowest BCUT2D eigenvalue weighted by Gasteiger charge is -2.27. The van der Waals surface area contributed by atoms with Gasteiger partial charge >= 0.3 is 0 Å². The number of hydrogen-bond donors (Lipinski definition) is 4. The lowest BCUT2D eigenvalue weighted by molar-refractivity contribution is -0.131. The molecule has 36 heavy (non-hydrogen) atoms. The summed E-state index contributed by atoms with van der Waals surface area (Å²) in [4.78, 5) is 62.8. The Morgan fingerprint density at radius 2 is 1.47 bits per heavy atom. The summed E-state index contributed by atoms with van der Waals surface area (Å²) in [6, 6.07) is 8.77. The molecule has 4 N–H and O–H groups in total. The first-order valence-electron chi connectivity index (χ1n) is 12.2. The Labute approximate surface area is 211 Å². The normalized spacial score (nSPS) is 14.5. The Bertz CT molecular complexity index is 886. The molecule has 1 atom stereocenters. The van der Waals surface area contributed by atoms with Gasteiger partial charge in [-0.1, -0.05) is 44.2 Å². The summed E-state index contributed by atoms with van der Waals surface area (Å²) in [5.74, 6) is -2.13. The topological polar surface area (TPSA) is 146 Å². The lowest BCUT2D eigenvalue weighted by atomic mass is 10.0. The van der Waals surface area contributed by atoms with Gasteiger partial charge in [0.05, 0.1) is 39.4 Å². The number of rotatable bonds is 14. The van der Waals surface area contributed by atoms with Gasteiger partial charge in [0.15, 0.2) is 5.78 Å². The third-order valence-electron chi connectivity index (χ3n) is 5.66. The van der Waals surface area contributed by atoms with Crippen molar-refractivity contribution >= 4 is 29.4 Å². The standard InChI is InChI=1S/C25H37N5O6/c1-18(2)21(31)14-26-22(32)15-27-23(33)16-28-25(35)20(9-8-19-6-4-3-5-7-19)29-24(34)17-30-10-12-36-13-11-30/h3-7,18,20H,8-17H2,1-2H3,(H,26,32)(H,27,33)(H,28,35)(H,29,34). The van der Waals surface area contributed by atoms with Gasteiger partial charge in [0.2, 0.25) is 23.6 Å². The second-order valence-electron chi connectivity index (χ2n) is 8.93. The van der Waals surface area contributed by atoms with Gasteiger partial charge in [-0.2, -0.15) is 0 Å². The molecular formula is C25H37N5O6. The molecule has 1 aliphatic rings. The number of hydrogen-bond acceptors (Lipinski definition) is 7. The van der Waals surface area contributed by atoms with E-state index in [0.29, 0.717) is 39.1 Å². The van der Waals surface area contributed by atoms with Crippen molar-refractivity contribution in [2.75, 3.05) is 52.5 Å². The van der Waals surface area contributed by atoms with Crippen LogP contribution in [0.5, 0.6) is 0 Å². The van der Waals surface area contributed by atoms with E-state index in [1.54, 1.807) is 13.8 Å². The van der Waals surface area contributed by atoms with Gasteiger partial charge in [0.25, 0.3) is 0 Å². The molecule has 11 nitrogen and oxygen atoms in total. The van der Waals surface area contributed by atoms with Crippen molar-refractivity contribution in [1.29, 1.82) is 0 Å². The van der Waals surface area contributed by atoms with Crippen molar-refractivity contribution in [1.82, 2.24) is 26.2 Å². The molecule has 0 aliphatic carbocycles.